The molecule has 2 aromatic heterocycles. The van der Waals surface area contributed by atoms with Crippen LogP contribution in [-0.4, -0.2) is 46.7 Å². The molecule has 4 rings (SSSR count). The number of ether oxygens (including phenoxy) is 2. The Hall–Kier alpha value is -2.86. The van der Waals surface area contributed by atoms with Crippen molar-refractivity contribution >= 4 is 0 Å². The Labute approximate surface area is 172 Å². The molecular formula is C23H28N4O2. The van der Waals surface area contributed by atoms with Gasteiger partial charge in [0.2, 0.25) is 0 Å². The Morgan fingerprint density at radius 3 is 2.69 bits per heavy atom. The standard InChI is InChI=1S/C23H28N4O2/c1-17-13-25-23(19-7-10-24-11-8-19)27(17)15-18-9-12-26(14-18)16-20-5-4-6-21(28-2)22(20)29-3/h4-8,10-11,13,18H,9,12,14-16H2,1-3H3. The van der Waals surface area contributed by atoms with Crippen molar-refractivity contribution in [3.63, 3.8) is 0 Å². The van der Waals surface area contributed by atoms with E-state index in [0.29, 0.717) is 5.92 Å². The third kappa shape index (κ3) is 4.12. The number of methoxy groups -OCH3 is 2. The lowest BCUT2D eigenvalue weighted by atomic mass is 10.1. The first-order valence-corrected chi connectivity index (χ1v) is 10.0. The molecule has 1 saturated heterocycles. The molecule has 0 amide bonds. The third-order valence-corrected chi connectivity index (χ3v) is 5.68. The Kier molecular flexibility index (Phi) is 5.81. The number of hydrogen-bond acceptors (Lipinski definition) is 5. The summed E-state index contributed by atoms with van der Waals surface area (Å²) in [4.78, 5) is 11.3. The molecule has 1 aromatic carbocycles. The van der Waals surface area contributed by atoms with E-state index in [4.69, 9.17) is 9.47 Å². The monoisotopic (exact) mass is 392 g/mol. The summed E-state index contributed by atoms with van der Waals surface area (Å²) in [6, 6.07) is 10.1. The number of imidazole rings is 1. The van der Waals surface area contributed by atoms with Gasteiger partial charge in [-0.1, -0.05) is 12.1 Å². The minimum atomic E-state index is 0.597. The maximum absolute atomic E-state index is 5.60. The summed E-state index contributed by atoms with van der Waals surface area (Å²) >= 11 is 0. The highest BCUT2D eigenvalue weighted by atomic mass is 16.5. The van der Waals surface area contributed by atoms with Gasteiger partial charge in [-0.05, 0) is 44.0 Å². The normalized spacial score (nSPS) is 16.9. The van der Waals surface area contributed by atoms with Crippen LogP contribution in [0.4, 0.5) is 0 Å². The zero-order valence-corrected chi connectivity index (χ0v) is 17.3. The SMILES string of the molecule is COc1cccc(CN2CCC(Cn3c(C)cnc3-c3ccncc3)C2)c1OC. The van der Waals surface area contributed by atoms with E-state index in [1.807, 2.05) is 42.9 Å². The van der Waals surface area contributed by atoms with Crippen LogP contribution < -0.4 is 9.47 Å². The molecule has 0 aliphatic carbocycles. The van der Waals surface area contributed by atoms with Crippen molar-refractivity contribution in [2.75, 3.05) is 27.3 Å². The van der Waals surface area contributed by atoms with Gasteiger partial charge in [-0.3, -0.25) is 9.88 Å². The summed E-state index contributed by atoms with van der Waals surface area (Å²) in [6.07, 6.45) is 6.79. The topological polar surface area (TPSA) is 52.4 Å². The number of aromatic nitrogens is 3. The second kappa shape index (κ2) is 8.66. The number of likely N-dealkylation sites (tertiary alicyclic amines) is 1. The molecule has 0 N–H and O–H groups in total. The van der Waals surface area contributed by atoms with Crippen LogP contribution in [0, 0.1) is 12.8 Å². The fraction of sp³-hybridized carbons (Fsp3) is 0.391. The molecule has 6 nitrogen and oxygen atoms in total. The fourth-order valence-electron chi connectivity index (χ4n) is 4.21. The predicted octanol–water partition coefficient (Wildman–Crippen LogP) is 3.79. The maximum Gasteiger partial charge on any atom is 0.165 e. The van der Waals surface area contributed by atoms with Gasteiger partial charge in [0.15, 0.2) is 11.5 Å². The fourth-order valence-corrected chi connectivity index (χ4v) is 4.21. The van der Waals surface area contributed by atoms with Crippen molar-refractivity contribution < 1.29 is 9.47 Å². The van der Waals surface area contributed by atoms with Crippen molar-refractivity contribution in [1.82, 2.24) is 19.4 Å². The first-order valence-electron chi connectivity index (χ1n) is 10.0. The molecule has 1 fully saturated rings. The third-order valence-electron chi connectivity index (χ3n) is 5.68. The molecule has 152 valence electrons. The number of benzene rings is 1. The minimum Gasteiger partial charge on any atom is -0.493 e. The molecule has 1 aliphatic heterocycles. The van der Waals surface area contributed by atoms with Crippen molar-refractivity contribution in [2.24, 2.45) is 5.92 Å². The predicted molar refractivity (Wildman–Crippen MR) is 113 cm³/mol. The number of para-hydroxylation sites is 1. The number of aryl methyl sites for hydroxylation is 1. The molecule has 0 spiro atoms. The van der Waals surface area contributed by atoms with Gasteiger partial charge < -0.3 is 14.0 Å². The zero-order chi connectivity index (χ0) is 20.2. The van der Waals surface area contributed by atoms with Crippen LogP contribution in [0.15, 0.2) is 48.9 Å². The van der Waals surface area contributed by atoms with E-state index in [1.54, 1.807) is 14.2 Å². The molecule has 0 saturated carbocycles. The van der Waals surface area contributed by atoms with E-state index in [9.17, 15) is 0 Å². The molecule has 1 unspecified atom stereocenters. The number of hydrogen-bond donors (Lipinski definition) is 0. The number of pyridine rings is 1. The Bertz CT molecular complexity index is 955. The molecule has 1 atom stereocenters. The smallest absolute Gasteiger partial charge is 0.165 e. The Morgan fingerprint density at radius 2 is 1.93 bits per heavy atom. The highest BCUT2D eigenvalue weighted by Gasteiger charge is 2.25. The highest BCUT2D eigenvalue weighted by Crippen LogP contribution is 2.33. The van der Waals surface area contributed by atoms with Gasteiger partial charge in [-0.25, -0.2) is 4.98 Å². The molecule has 3 aromatic rings. The summed E-state index contributed by atoms with van der Waals surface area (Å²) in [5.41, 5.74) is 3.48. The van der Waals surface area contributed by atoms with E-state index >= 15 is 0 Å². The van der Waals surface area contributed by atoms with Crippen molar-refractivity contribution in [1.29, 1.82) is 0 Å². The molecule has 0 radical (unpaired) electrons. The van der Waals surface area contributed by atoms with E-state index in [0.717, 1.165) is 49.1 Å². The van der Waals surface area contributed by atoms with Crippen LogP contribution in [0.3, 0.4) is 0 Å². The summed E-state index contributed by atoms with van der Waals surface area (Å²) in [5, 5.41) is 0. The quantitative estimate of drug-likeness (QED) is 0.612. The van der Waals surface area contributed by atoms with Gasteiger partial charge >= 0.3 is 0 Å². The Morgan fingerprint density at radius 1 is 1.10 bits per heavy atom. The van der Waals surface area contributed by atoms with Crippen molar-refractivity contribution in [3.05, 3.63) is 60.2 Å². The molecule has 6 heteroatoms. The number of rotatable bonds is 7. The van der Waals surface area contributed by atoms with Crippen LogP contribution in [0.2, 0.25) is 0 Å². The van der Waals surface area contributed by atoms with E-state index < -0.39 is 0 Å². The lowest BCUT2D eigenvalue weighted by Gasteiger charge is -2.20. The summed E-state index contributed by atoms with van der Waals surface area (Å²) in [5.74, 6) is 3.25. The van der Waals surface area contributed by atoms with Gasteiger partial charge in [0.05, 0.1) is 14.2 Å². The summed E-state index contributed by atoms with van der Waals surface area (Å²) < 4.78 is 13.4. The van der Waals surface area contributed by atoms with Gasteiger partial charge in [0.1, 0.15) is 5.82 Å². The average Bonchev–Trinajstić information content (AvgIpc) is 3.35. The van der Waals surface area contributed by atoms with E-state index in [-0.39, 0.29) is 0 Å². The lowest BCUT2D eigenvalue weighted by molar-refractivity contribution is 0.297. The van der Waals surface area contributed by atoms with Gasteiger partial charge in [-0.2, -0.15) is 0 Å². The second-order valence-corrected chi connectivity index (χ2v) is 7.61. The number of nitrogens with zero attached hydrogens (tertiary/aromatic N) is 4. The Balaban J connectivity index is 1.45. The lowest BCUT2D eigenvalue weighted by Crippen LogP contribution is -2.22. The first kappa shape index (κ1) is 19.5. The molecule has 3 heterocycles. The molecule has 1 aliphatic rings. The maximum atomic E-state index is 5.60. The highest BCUT2D eigenvalue weighted by molar-refractivity contribution is 5.55. The van der Waals surface area contributed by atoms with Crippen LogP contribution in [0.5, 0.6) is 11.5 Å². The summed E-state index contributed by atoms with van der Waals surface area (Å²) in [7, 11) is 3.39. The average molecular weight is 393 g/mol. The van der Waals surface area contributed by atoms with Gasteiger partial charge in [0.25, 0.3) is 0 Å². The first-order chi connectivity index (χ1) is 14.2. The van der Waals surface area contributed by atoms with Crippen LogP contribution in [-0.2, 0) is 13.1 Å². The van der Waals surface area contributed by atoms with Crippen molar-refractivity contribution in [3.8, 4) is 22.9 Å². The summed E-state index contributed by atoms with van der Waals surface area (Å²) in [6.45, 7) is 6.13. The second-order valence-electron chi connectivity index (χ2n) is 7.61. The van der Waals surface area contributed by atoms with Gasteiger partial charge in [-0.15, -0.1) is 0 Å². The molecular weight excluding hydrogens is 364 g/mol. The zero-order valence-electron chi connectivity index (χ0n) is 17.3. The molecule has 0 bridgehead atoms. The van der Waals surface area contributed by atoms with E-state index in [1.165, 1.54) is 17.7 Å². The van der Waals surface area contributed by atoms with Crippen LogP contribution in [0.25, 0.3) is 11.4 Å². The largest absolute Gasteiger partial charge is 0.493 e. The molecule has 29 heavy (non-hydrogen) atoms. The minimum absolute atomic E-state index is 0.597. The van der Waals surface area contributed by atoms with Gasteiger partial charge in [0, 0.05) is 55.0 Å². The van der Waals surface area contributed by atoms with E-state index in [2.05, 4.69) is 32.4 Å². The van der Waals surface area contributed by atoms with Crippen LogP contribution >= 0.6 is 0 Å². The van der Waals surface area contributed by atoms with Crippen molar-refractivity contribution in [2.45, 2.75) is 26.4 Å². The van der Waals surface area contributed by atoms with Crippen LogP contribution in [0.1, 0.15) is 17.7 Å².